The first kappa shape index (κ1) is 25.6. The molecule has 184 valence electrons. The van der Waals surface area contributed by atoms with Crippen LogP contribution in [0.2, 0.25) is 0 Å². The third-order valence-corrected chi connectivity index (χ3v) is 5.32. The van der Waals surface area contributed by atoms with Crippen LogP contribution in [-0.4, -0.2) is 26.1 Å². The van der Waals surface area contributed by atoms with Crippen molar-refractivity contribution >= 4 is 0 Å². The molecule has 9 heteroatoms. The lowest BCUT2D eigenvalue weighted by molar-refractivity contribution is 0.0922. The highest BCUT2D eigenvalue weighted by Crippen LogP contribution is 2.45. The van der Waals surface area contributed by atoms with Crippen molar-refractivity contribution in [2.24, 2.45) is 0 Å². The lowest BCUT2D eigenvalue weighted by Crippen LogP contribution is -2.35. The van der Waals surface area contributed by atoms with Crippen molar-refractivity contribution in [3.63, 3.8) is 0 Å². The summed E-state index contributed by atoms with van der Waals surface area (Å²) in [6, 6.07) is 7.07. The summed E-state index contributed by atoms with van der Waals surface area (Å²) in [4.78, 5) is 0. The molecule has 2 atom stereocenters. The third kappa shape index (κ3) is 5.39. The Bertz CT molecular complexity index is 1040. The molecule has 1 aliphatic carbocycles. The molecule has 2 aromatic rings. The van der Waals surface area contributed by atoms with Gasteiger partial charge in [0.15, 0.2) is 29.2 Å². The molecular formula is C25H23F7O2. The van der Waals surface area contributed by atoms with Gasteiger partial charge in [-0.25, -0.2) is 26.3 Å². The summed E-state index contributed by atoms with van der Waals surface area (Å²) in [6.45, 7) is 0.0131. The molecule has 0 amide bonds. The average Bonchev–Trinajstić information content (AvgIpc) is 2.80. The van der Waals surface area contributed by atoms with Crippen molar-refractivity contribution in [1.82, 2.24) is 0 Å². The minimum Gasteiger partial charge on any atom is -0.488 e. The van der Waals surface area contributed by atoms with Crippen molar-refractivity contribution in [2.45, 2.75) is 38.0 Å². The van der Waals surface area contributed by atoms with E-state index in [4.69, 9.17) is 9.47 Å². The van der Waals surface area contributed by atoms with Crippen molar-refractivity contribution in [2.75, 3.05) is 19.9 Å². The highest BCUT2D eigenvalue weighted by Gasteiger charge is 2.48. The highest BCUT2D eigenvalue weighted by molar-refractivity contribution is 5.45. The van der Waals surface area contributed by atoms with Crippen molar-refractivity contribution in [3.05, 3.63) is 82.5 Å². The predicted molar refractivity (Wildman–Crippen MR) is 113 cm³/mol. The van der Waals surface area contributed by atoms with E-state index in [1.165, 1.54) is 12.1 Å². The molecule has 0 saturated carbocycles. The fourth-order valence-corrected chi connectivity index (χ4v) is 3.52. The van der Waals surface area contributed by atoms with Crippen molar-refractivity contribution in [1.29, 1.82) is 0 Å². The lowest BCUT2D eigenvalue weighted by atomic mass is 9.84. The Morgan fingerprint density at radius 3 is 2.21 bits per heavy atom. The van der Waals surface area contributed by atoms with E-state index in [2.05, 4.69) is 0 Å². The number of aryl methyl sites for hydroxylation is 1. The quantitative estimate of drug-likeness (QED) is 0.258. The number of allylic oxidation sites excluding steroid dienone is 2. The number of hydrogen-bond acceptors (Lipinski definition) is 2. The van der Waals surface area contributed by atoms with Crippen LogP contribution in [0.25, 0.3) is 0 Å². The summed E-state index contributed by atoms with van der Waals surface area (Å²) in [7, 11) is 0. The Labute approximate surface area is 192 Å². The number of alkyl halides is 3. The molecule has 0 heterocycles. The summed E-state index contributed by atoms with van der Waals surface area (Å²) in [5.41, 5.74) is -3.36. The summed E-state index contributed by atoms with van der Waals surface area (Å²) in [5, 5.41) is 0. The van der Waals surface area contributed by atoms with Gasteiger partial charge in [-0.1, -0.05) is 37.6 Å². The molecule has 0 aromatic heterocycles. The molecule has 0 saturated heterocycles. The highest BCUT2D eigenvalue weighted by atomic mass is 19.2. The zero-order valence-corrected chi connectivity index (χ0v) is 18.3. The Kier molecular flexibility index (Phi) is 8.28. The van der Waals surface area contributed by atoms with Crippen LogP contribution in [0.4, 0.5) is 30.7 Å². The first-order chi connectivity index (χ1) is 16.2. The number of benzene rings is 2. The van der Waals surface area contributed by atoms with Crippen LogP contribution in [0, 0.1) is 11.6 Å². The third-order valence-electron chi connectivity index (χ3n) is 5.32. The van der Waals surface area contributed by atoms with Crippen molar-refractivity contribution in [3.8, 4) is 11.5 Å². The Morgan fingerprint density at radius 1 is 0.971 bits per heavy atom. The minimum absolute atomic E-state index is 0.0699. The van der Waals surface area contributed by atoms with E-state index >= 15 is 4.39 Å². The first-order valence-corrected chi connectivity index (χ1v) is 10.7. The fourth-order valence-electron chi connectivity index (χ4n) is 3.52. The molecule has 2 unspecified atom stereocenters. The SMILES string of the molecule is CCCc1ccc(C2(F)C=C(F)C(COc3cc(F)c(OCCCF)c(F)c3)=C(F)C2F)cc1. The second kappa shape index (κ2) is 11.0. The van der Waals surface area contributed by atoms with Gasteiger partial charge in [0, 0.05) is 18.6 Å². The zero-order valence-electron chi connectivity index (χ0n) is 18.3. The number of halogens is 7. The van der Waals surface area contributed by atoms with Gasteiger partial charge in [-0.05, 0) is 23.6 Å². The smallest absolute Gasteiger partial charge is 0.194 e. The van der Waals surface area contributed by atoms with Gasteiger partial charge < -0.3 is 9.47 Å². The molecule has 1 aliphatic rings. The molecule has 0 spiro atoms. The van der Waals surface area contributed by atoms with Gasteiger partial charge in [0.2, 0.25) is 0 Å². The van der Waals surface area contributed by atoms with E-state index in [1.807, 2.05) is 6.92 Å². The molecule has 0 fully saturated rings. The summed E-state index contributed by atoms with van der Waals surface area (Å²) >= 11 is 0. The summed E-state index contributed by atoms with van der Waals surface area (Å²) in [6.07, 6.45) is -1.03. The molecule has 0 radical (unpaired) electrons. The van der Waals surface area contributed by atoms with Gasteiger partial charge in [0.25, 0.3) is 0 Å². The normalized spacial score (nSPS) is 20.4. The second-order valence-corrected chi connectivity index (χ2v) is 7.79. The largest absolute Gasteiger partial charge is 0.488 e. The van der Waals surface area contributed by atoms with E-state index in [9.17, 15) is 26.3 Å². The molecule has 0 aliphatic heterocycles. The van der Waals surface area contributed by atoms with E-state index in [0.717, 1.165) is 12.0 Å². The van der Waals surface area contributed by atoms with Crippen LogP contribution < -0.4 is 9.47 Å². The standard InChI is InChI=1S/C25H23F7O2/c1-2-4-15-5-7-16(8-6-15)25(32)13-21(29)18(22(30)24(25)31)14-34-17-11-19(27)23(20(28)12-17)33-10-3-9-26/h5-8,11-13,24H,2-4,9-10,14H2,1H3. The zero-order chi connectivity index (χ0) is 24.9. The first-order valence-electron chi connectivity index (χ1n) is 10.7. The second-order valence-electron chi connectivity index (χ2n) is 7.79. The van der Waals surface area contributed by atoms with Gasteiger partial charge in [0.1, 0.15) is 24.0 Å². The number of rotatable bonds is 10. The van der Waals surface area contributed by atoms with Gasteiger partial charge in [0.05, 0.1) is 18.9 Å². The maximum atomic E-state index is 15.4. The Hall–Kier alpha value is -2.97. The maximum Gasteiger partial charge on any atom is 0.194 e. The topological polar surface area (TPSA) is 18.5 Å². The monoisotopic (exact) mass is 488 g/mol. The van der Waals surface area contributed by atoms with Gasteiger partial charge >= 0.3 is 0 Å². The summed E-state index contributed by atoms with van der Waals surface area (Å²) < 4.78 is 110. The minimum atomic E-state index is -3.07. The molecule has 2 aromatic carbocycles. The number of ether oxygens (including phenoxy) is 2. The van der Waals surface area contributed by atoms with E-state index < -0.39 is 65.5 Å². The van der Waals surface area contributed by atoms with Crippen LogP contribution in [-0.2, 0) is 12.1 Å². The Balaban J connectivity index is 1.76. The van der Waals surface area contributed by atoms with Crippen LogP contribution in [0.5, 0.6) is 11.5 Å². The molecule has 3 rings (SSSR count). The van der Waals surface area contributed by atoms with Gasteiger partial charge in [-0.3, -0.25) is 4.39 Å². The van der Waals surface area contributed by atoms with Crippen LogP contribution in [0.3, 0.4) is 0 Å². The lowest BCUT2D eigenvalue weighted by Gasteiger charge is -2.30. The summed E-state index contributed by atoms with van der Waals surface area (Å²) in [5.74, 6) is -6.68. The van der Waals surface area contributed by atoms with Crippen LogP contribution >= 0.6 is 0 Å². The van der Waals surface area contributed by atoms with Gasteiger partial charge in [-0.15, -0.1) is 0 Å². The maximum absolute atomic E-state index is 15.4. The Morgan fingerprint density at radius 2 is 1.62 bits per heavy atom. The van der Waals surface area contributed by atoms with E-state index in [0.29, 0.717) is 24.6 Å². The molecule has 0 bridgehead atoms. The predicted octanol–water partition coefficient (Wildman–Crippen LogP) is 7.33. The van der Waals surface area contributed by atoms with Gasteiger partial charge in [-0.2, -0.15) is 0 Å². The molecular weight excluding hydrogens is 465 g/mol. The van der Waals surface area contributed by atoms with Crippen LogP contribution in [0.1, 0.15) is 30.9 Å². The number of hydrogen-bond donors (Lipinski definition) is 0. The average molecular weight is 488 g/mol. The molecule has 2 nitrogen and oxygen atoms in total. The van der Waals surface area contributed by atoms with Crippen molar-refractivity contribution < 1.29 is 40.2 Å². The van der Waals surface area contributed by atoms with Crippen LogP contribution in [0.15, 0.2) is 59.7 Å². The molecule has 0 N–H and O–H groups in total. The fraction of sp³-hybridized carbons (Fsp3) is 0.360. The molecule has 34 heavy (non-hydrogen) atoms. The van der Waals surface area contributed by atoms with E-state index in [1.54, 1.807) is 12.1 Å². The van der Waals surface area contributed by atoms with E-state index in [-0.39, 0.29) is 18.6 Å².